The Labute approximate surface area is 188 Å². The van der Waals surface area contributed by atoms with Crippen molar-refractivity contribution in [2.75, 3.05) is 36.9 Å². The highest BCUT2D eigenvalue weighted by Gasteiger charge is 2.53. The molecule has 0 amide bonds. The molecule has 1 aromatic heterocycles. The first-order chi connectivity index (χ1) is 15.7. The van der Waals surface area contributed by atoms with E-state index in [1.807, 2.05) is 13.0 Å². The Morgan fingerprint density at radius 2 is 1.88 bits per heavy atom. The second kappa shape index (κ2) is 7.64. The lowest BCUT2D eigenvalue weighted by Gasteiger charge is -2.31. The Morgan fingerprint density at radius 1 is 1.03 bits per heavy atom. The third-order valence-corrected chi connectivity index (χ3v) is 6.58. The summed E-state index contributed by atoms with van der Waals surface area (Å²) in [6, 6.07) is 16.7. The number of anilines is 3. The van der Waals surface area contributed by atoms with E-state index >= 15 is 0 Å². The van der Waals surface area contributed by atoms with Gasteiger partial charge in [0.25, 0.3) is 0 Å². The Hall–Kier alpha value is -3.38. The number of nitrogens with one attached hydrogen (secondary N) is 2. The van der Waals surface area contributed by atoms with E-state index in [0.29, 0.717) is 11.9 Å². The Balaban J connectivity index is 1.18. The van der Waals surface area contributed by atoms with Gasteiger partial charge in [0, 0.05) is 42.2 Å². The van der Waals surface area contributed by atoms with Crippen LogP contribution in [0.25, 0.3) is 10.8 Å². The van der Waals surface area contributed by atoms with Crippen LogP contribution in [0.15, 0.2) is 72.5 Å². The van der Waals surface area contributed by atoms with Crippen molar-refractivity contribution >= 4 is 28.2 Å². The SMILES string of the molecule is Cc1cc(Nc2ccc3ccccc3c2)nc(NC23C=CC(N4CCOCC4)=CC2C3)n1. The highest BCUT2D eigenvalue weighted by atomic mass is 16.5. The number of rotatable bonds is 5. The van der Waals surface area contributed by atoms with Crippen molar-refractivity contribution < 1.29 is 4.74 Å². The second-order valence-corrected chi connectivity index (χ2v) is 8.91. The first kappa shape index (κ1) is 19.3. The van der Waals surface area contributed by atoms with Gasteiger partial charge in [-0.15, -0.1) is 0 Å². The molecule has 6 rings (SSSR count). The Kier molecular flexibility index (Phi) is 4.61. The summed E-state index contributed by atoms with van der Waals surface area (Å²) >= 11 is 0. The van der Waals surface area contributed by atoms with Gasteiger partial charge in [-0.1, -0.05) is 42.5 Å². The summed E-state index contributed by atoms with van der Waals surface area (Å²) in [5.41, 5.74) is 3.20. The first-order valence-electron chi connectivity index (χ1n) is 11.3. The van der Waals surface area contributed by atoms with Gasteiger partial charge < -0.3 is 20.3 Å². The van der Waals surface area contributed by atoms with E-state index in [0.717, 1.165) is 49.9 Å². The van der Waals surface area contributed by atoms with Crippen LogP contribution in [-0.2, 0) is 4.74 Å². The predicted molar refractivity (Wildman–Crippen MR) is 128 cm³/mol. The maximum atomic E-state index is 5.48. The number of nitrogens with zero attached hydrogens (tertiary/aromatic N) is 3. The fraction of sp³-hybridized carbons (Fsp3) is 0.308. The van der Waals surface area contributed by atoms with Crippen LogP contribution in [0.5, 0.6) is 0 Å². The normalized spacial score (nSPS) is 24.1. The van der Waals surface area contributed by atoms with Gasteiger partial charge in [0.2, 0.25) is 5.95 Å². The van der Waals surface area contributed by atoms with Gasteiger partial charge >= 0.3 is 0 Å². The molecule has 3 aliphatic rings. The largest absolute Gasteiger partial charge is 0.378 e. The first-order valence-corrected chi connectivity index (χ1v) is 11.3. The van der Waals surface area contributed by atoms with E-state index < -0.39 is 0 Å². The van der Waals surface area contributed by atoms with Gasteiger partial charge in [0.1, 0.15) is 5.82 Å². The number of aromatic nitrogens is 2. The van der Waals surface area contributed by atoms with E-state index in [1.165, 1.54) is 16.5 Å². The zero-order valence-electron chi connectivity index (χ0n) is 18.2. The minimum Gasteiger partial charge on any atom is -0.378 e. The van der Waals surface area contributed by atoms with Gasteiger partial charge in [0.15, 0.2) is 0 Å². The van der Waals surface area contributed by atoms with Gasteiger partial charge in [-0.05, 0) is 42.3 Å². The lowest BCUT2D eigenvalue weighted by atomic mass is 10.1. The van der Waals surface area contributed by atoms with Crippen molar-refractivity contribution in [2.45, 2.75) is 18.9 Å². The summed E-state index contributed by atoms with van der Waals surface area (Å²) in [4.78, 5) is 11.8. The lowest BCUT2D eigenvalue weighted by Crippen LogP contribution is -2.36. The van der Waals surface area contributed by atoms with E-state index in [4.69, 9.17) is 9.72 Å². The molecule has 1 saturated carbocycles. The zero-order chi connectivity index (χ0) is 21.5. The van der Waals surface area contributed by atoms with Gasteiger partial charge in [0.05, 0.1) is 18.8 Å². The Bertz CT molecular complexity index is 1230. The van der Waals surface area contributed by atoms with Gasteiger partial charge in [-0.25, -0.2) is 4.98 Å². The molecule has 6 heteroatoms. The monoisotopic (exact) mass is 425 g/mol. The maximum Gasteiger partial charge on any atom is 0.225 e. The summed E-state index contributed by atoms with van der Waals surface area (Å²) in [5, 5.41) is 9.50. The van der Waals surface area contributed by atoms with Gasteiger partial charge in [-0.2, -0.15) is 4.98 Å². The highest BCUT2D eigenvalue weighted by Crippen LogP contribution is 2.51. The summed E-state index contributed by atoms with van der Waals surface area (Å²) in [7, 11) is 0. The molecule has 2 fully saturated rings. The quantitative estimate of drug-likeness (QED) is 0.621. The number of fused-ring (bicyclic) bond motifs is 2. The predicted octanol–water partition coefficient (Wildman–Crippen LogP) is 4.64. The molecule has 2 atom stereocenters. The van der Waals surface area contributed by atoms with Crippen molar-refractivity contribution in [3.05, 3.63) is 78.1 Å². The molecule has 3 aromatic rings. The Morgan fingerprint density at radius 3 is 2.72 bits per heavy atom. The minimum absolute atomic E-state index is 0.0657. The molecular formula is C26H27N5O. The molecule has 162 valence electrons. The molecule has 0 spiro atoms. The van der Waals surface area contributed by atoms with Crippen LogP contribution >= 0.6 is 0 Å². The molecule has 2 aromatic carbocycles. The van der Waals surface area contributed by atoms with Crippen LogP contribution < -0.4 is 10.6 Å². The number of morpholine rings is 1. The topological polar surface area (TPSA) is 62.3 Å². The van der Waals surface area contributed by atoms with Crippen LogP contribution in [-0.4, -0.2) is 46.7 Å². The lowest BCUT2D eigenvalue weighted by molar-refractivity contribution is 0.0551. The van der Waals surface area contributed by atoms with Crippen LogP contribution in [0.4, 0.5) is 17.5 Å². The smallest absolute Gasteiger partial charge is 0.225 e. The van der Waals surface area contributed by atoms with E-state index in [-0.39, 0.29) is 5.54 Å². The summed E-state index contributed by atoms with van der Waals surface area (Å²) in [6.45, 7) is 5.56. The van der Waals surface area contributed by atoms with Crippen molar-refractivity contribution in [3.8, 4) is 0 Å². The molecule has 2 heterocycles. The average Bonchev–Trinajstić information content (AvgIpc) is 3.52. The van der Waals surface area contributed by atoms with Crippen molar-refractivity contribution in [3.63, 3.8) is 0 Å². The zero-order valence-corrected chi connectivity index (χ0v) is 18.2. The van der Waals surface area contributed by atoms with E-state index in [2.05, 4.69) is 81.2 Å². The molecule has 2 aliphatic carbocycles. The van der Waals surface area contributed by atoms with Gasteiger partial charge in [-0.3, -0.25) is 0 Å². The van der Waals surface area contributed by atoms with Crippen LogP contribution in [0.3, 0.4) is 0 Å². The van der Waals surface area contributed by atoms with Crippen LogP contribution in [0, 0.1) is 12.8 Å². The number of allylic oxidation sites excluding steroid dienone is 1. The second-order valence-electron chi connectivity index (χ2n) is 8.91. The highest BCUT2D eigenvalue weighted by molar-refractivity contribution is 5.86. The fourth-order valence-corrected chi connectivity index (χ4v) is 4.73. The summed E-state index contributed by atoms with van der Waals surface area (Å²) in [6.07, 6.45) is 8.00. The molecule has 1 saturated heterocycles. The molecule has 0 bridgehead atoms. The van der Waals surface area contributed by atoms with Crippen molar-refractivity contribution in [1.29, 1.82) is 0 Å². The van der Waals surface area contributed by atoms with Crippen LogP contribution in [0.1, 0.15) is 12.1 Å². The number of aryl methyl sites for hydroxylation is 1. The third-order valence-electron chi connectivity index (χ3n) is 6.58. The number of benzene rings is 2. The average molecular weight is 426 g/mol. The molecule has 1 aliphatic heterocycles. The molecule has 6 nitrogen and oxygen atoms in total. The fourth-order valence-electron chi connectivity index (χ4n) is 4.73. The number of hydrogen-bond donors (Lipinski definition) is 2. The number of ether oxygens (including phenoxy) is 1. The van der Waals surface area contributed by atoms with Crippen LogP contribution in [0.2, 0.25) is 0 Å². The van der Waals surface area contributed by atoms with E-state index in [1.54, 1.807) is 0 Å². The van der Waals surface area contributed by atoms with Crippen molar-refractivity contribution in [1.82, 2.24) is 14.9 Å². The molecule has 0 radical (unpaired) electrons. The third kappa shape index (κ3) is 3.71. The van der Waals surface area contributed by atoms with Crippen molar-refractivity contribution in [2.24, 2.45) is 5.92 Å². The molecule has 32 heavy (non-hydrogen) atoms. The molecular weight excluding hydrogens is 398 g/mol. The minimum atomic E-state index is -0.0657. The molecule has 2 N–H and O–H groups in total. The maximum absolute atomic E-state index is 5.48. The molecule has 2 unspecified atom stereocenters. The summed E-state index contributed by atoms with van der Waals surface area (Å²) in [5.74, 6) is 1.95. The standard InChI is InChI=1S/C26H27N5O/c1-18-14-24(28-22-7-6-19-4-2-3-5-20(19)15-22)29-25(27-18)30-26-9-8-23(16-21(26)17-26)31-10-12-32-13-11-31/h2-9,14-16,21H,10-13,17H2,1H3,(H2,27,28,29,30). The van der Waals surface area contributed by atoms with E-state index in [9.17, 15) is 0 Å². The summed E-state index contributed by atoms with van der Waals surface area (Å²) < 4.78 is 5.48. The number of hydrogen-bond acceptors (Lipinski definition) is 6.